The number of benzene rings is 1. The number of aliphatic hydroxyl groups excluding tert-OH is 1. The average molecular weight is 236 g/mol. The maximum atomic E-state index is 11.9. The van der Waals surface area contributed by atoms with Gasteiger partial charge in [0.15, 0.2) is 0 Å². The summed E-state index contributed by atoms with van der Waals surface area (Å²) in [4.78, 5) is 11.9. The van der Waals surface area contributed by atoms with Gasteiger partial charge in [-0.3, -0.25) is 4.79 Å². The molecule has 0 radical (unpaired) electrons. The molecule has 0 saturated heterocycles. The average Bonchev–Trinajstić information content (AvgIpc) is 2.22. The molecule has 4 N–H and O–H groups in total. The Bertz CT molecular complexity index is 414. The van der Waals surface area contributed by atoms with Gasteiger partial charge in [-0.2, -0.15) is 0 Å². The van der Waals surface area contributed by atoms with Gasteiger partial charge in [-0.1, -0.05) is 6.07 Å². The number of hydrogen-bond acceptors (Lipinski definition) is 3. The number of nitrogens with two attached hydrogens (primary N) is 1. The van der Waals surface area contributed by atoms with Crippen molar-refractivity contribution in [3.8, 4) is 0 Å². The van der Waals surface area contributed by atoms with E-state index in [4.69, 9.17) is 10.8 Å². The number of anilines is 1. The van der Waals surface area contributed by atoms with Crippen LogP contribution in [-0.4, -0.2) is 23.7 Å². The standard InChI is InChI=1S/C13H20N2O2/c1-8-6-9(2)12(14)7-11(8)13(17)15-5-4-10(3)16/h6-7,10,16H,4-5,14H2,1-3H3,(H,15,17). The van der Waals surface area contributed by atoms with Gasteiger partial charge < -0.3 is 16.2 Å². The molecule has 0 heterocycles. The summed E-state index contributed by atoms with van der Waals surface area (Å²) >= 11 is 0. The van der Waals surface area contributed by atoms with E-state index < -0.39 is 6.10 Å². The number of rotatable bonds is 4. The molecule has 4 nitrogen and oxygen atoms in total. The first-order valence-electron chi connectivity index (χ1n) is 5.74. The fourth-order valence-electron chi connectivity index (χ4n) is 1.60. The van der Waals surface area contributed by atoms with Gasteiger partial charge in [0, 0.05) is 17.8 Å². The summed E-state index contributed by atoms with van der Waals surface area (Å²) in [7, 11) is 0. The van der Waals surface area contributed by atoms with E-state index in [2.05, 4.69) is 5.32 Å². The van der Waals surface area contributed by atoms with Gasteiger partial charge in [0.05, 0.1) is 6.10 Å². The SMILES string of the molecule is Cc1cc(C)c(C(=O)NCCC(C)O)cc1N. The lowest BCUT2D eigenvalue weighted by atomic mass is 10.0. The normalized spacial score (nSPS) is 12.2. The molecule has 1 aromatic rings. The smallest absolute Gasteiger partial charge is 0.251 e. The summed E-state index contributed by atoms with van der Waals surface area (Å²) in [5.41, 5.74) is 8.89. The molecule has 0 aliphatic carbocycles. The number of hydrogen-bond donors (Lipinski definition) is 3. The number of aliphatic hydroxyl groups is 1. The molecule has 1 amide bonds. The molecule has 0 bridgehead atoms. The number of carbonyl (C=O) groups is 1. The van der Waals surface area contributed by atoms with Gasteiger partial charge in [-0.05, 0) is 44.4 Å². The van der Waals surface area contributed by atoms with Gasteiger partial charge in [0.1, 0.15) is 0 Å². The van der Waals surface area contributed by atoms with E-state index >= 15 is 0 Å². The second kappa shape index (κ2) is 5.68. The summed E-state index contributed by atoms with van der Waals surface area (Å²) in [6.07, 6.45) is 0.144. The lowest BCUT2D eigenvalue weighted by molar-refractivity contribution is 0.0945. The highest BCUT2D eigenvalue weighted by atomic mass is 16.3. The van der Waals surface area contributed by atoms with Gasteiger partial charge in [-0.25, -0.2) is 0 Å². The molecule has 4 heteroatoms. The number of nitrogens with one attached hydrogen (secondary N) is 1. The quantitative estimate of drug-likeness (QED) is 0.691. The molecule has 1 unspecified atom stereocenters. The minimum Gasteiger partial charge on any atom is -0.398 e. The van der Waals surface area contributed by atoms with Crippen molar-refractivity contribution in [2.45, 2.75) is 33.3 Å². The van der Waals surface area contributed by atoms with Crippen molar-refractivity contribution < 1.29 is 9.90 Å². The van der Waals surface area contributed by atoms with Crippen LogP contribution in [0.1, 0.15) is 34.8 Å². The molecular formula is C13H20N2O2. The number of nitrogen functional groups attached to an aromatic ring is 1. The summed E-state index contributed by atoms with van der Waals surface area (Å²) in [5, 5.41) is 11.9. The Labute approximate surface area is 102 Å². The van der Waals surface area contributed by atoms with Crippen molar-refractivity contribution in [1.29, 1.82) is 0 Å². The first-order chi connectivity index (χ1) is 7.91. The second-order valence-corrected chi connectivity index (χ2v) is 4.42. The fourth-order valence-corrected chi connectivity index (χ4v) is 1.60. The van der Waals surface area contributed by atoms with Crippen LogP contribution in [0.15, 0.2) is 12.1 Å². The van der Waals surface area contributed by atoms with Crippen molar-refractivity contribution in [1.82, 2.24) is 5.32 Å². The molecule has 17 heavy (non-hydrogen) atoms. The Kier molecular flexibility index (Phi) is 4.52. The molecule has 1 rings (SSSR count). The third-order valence-electron chi connectivity index (χ3n) is 2.71. The van der Waals surface area contributed by atoms with Crippen molar-refractivity contribution in [2.75, 3.05) is 12.3 Å². The Morgan fingerprint density at radius 2 is 2.06 bits per heavy atom. The fraction of sp³-hybridized carbons (Fsp3) is 0.462. The first-order valence-corrected chi connectivity index (χ1v) is 5.74. The summed E-state index contributed by atoms with van der Waals surface area (Å²) in [6.45, 7) is 5.96. The maximum absolute atomic E-state index is 11.9. The highest BCUT2D eigenvalue weighted by Gasteiger charge is 2.10. The Hall–Kier alpha value is -1.55. The van der Waals surface area contributed by atoms with E-state index in [9.17, 15) is 4.79 Å². The number of amides is 1. The van der Waals surface area contributed by atoms with Gasteiger partial charge in [0.25, 0.3) is 5.91 Å². The lowest BCUT2D eigenvalue weighted by Gasteiger charge is -2.11. The second-order valence-electron chi connectivity index (χ2n) is 4.42. The minimum absolute atomic E-state index is 0.144. The highest BCUT2D eigenvalue weighted by molar-refractivity contribution is 5.96. The van der Waals surface area contributed by atoms with Crippen LogP contribution in [-0.2, 0) is 0 Å². The van der Waals surface area contributed by atoms with Crippen LogP contribution in [0.4, 0.5) is 5.69 Å². The van der Waals surface area contributed by atoms with Crippen LogP contribution in [0, 0.1) is 13.8 Å². The number of aryl methyl sites for hydroxylation is 2. The first kappa shape index (κ1) is 13.5. The van der Waals surface area contributed by atoms with Crippen LogP contribution in [0.3, 0.4) is 0 Å². The minimum atomic E-state index is -0.403. The Morgan fingerprint density at radius 1 is 1.41 bits per heavy atom. The third kappa shape index (κ3) is 3.75. The molecule has 0 aromatic heterocycles. The molecule has 0 spiro atoms. The molecule has 1 atom stereocenters. The molecule has 0 aliphatic rings. The lowest BCUT2D eigenvalue weighted by Crippen LogP contribution is -2.27. The van der Waals surface area contributed by atoms with Crippen LogP contribution >= 0.6 is 0 Å². The van der Waals surface area contributed by atoms with Crippen molar-refractivity contribution in [3.05, 3.63) is 28.8 Å². The molecule has 94 valence electrons. The van der Waals surface area contributed by atoms with E-state index in [1.165, 1.54) is 0 Å². The number of carbonyl (C=O) groups excluding carboxylic acids is 1. The maximum Gasteiger partial charge on any atom is 0.251 e. The van der Waals surface area contributed by atoms with Gasteiger partial charge in [0.2, 0.25) is 0 Å². The zero-order chi connectivity index (χ0) is 13.0. The summed E-state index contributed by atoms with van der Waals surface area (Å²) < 4.78 is 0. The van der Waals surface area contributed by atoms with E-state index in [0.29, 0.717) is 24.2 Å². The van der Waals surface area contributed by atoms with Crippen LogP contribution in [0.25, 0.3) is 0 Å². The Balaban J connectivity index is 2.72. The largest absolute Gasteiger partial charge is 0.398 e. The zero-order valence-electron chi connectivity index (χ0n) is 10.6. The van der Waals surface area contributed by atoms with Crippen molar-refractivity contribution in [2.24, 2.45) is 0 Å². The van der Waals surface area contributed by atoms with Crippen molar-refractivity contribution >= 4 is 11.6 Å². The summed E-state index contributed by atoms with van der Waals surface area (Å²) in [6, 6.07) is 3.60. The van der Waals surface area contributed by atoms with Crippen LogP contribution in [0.2, 0.25) is 0 Å². The van der Waals surface area contributed by atoms with Gasteiger partial charge >= 0.3 is 0 Å². The molecule has 0 fully saturated rings. The van der Waals surface area contributed by atoms with E-state index in [0.717, 1.165) is 11.1 Å². The Morgan fingerprint density at radius 3 is 2.65 bits per heavy atom. The third-order valence-corrected chi connectivity index (χ3v) is 2.71. The van der Waals surface area contributed by atoms with Crippen LogP contribution in [0.5, 0.6) is 0 Å². The molecule has 1 aromatic carbocycles. The van der Waals surface area contributed by atoms with E-state index in [-0.39, 0.29) is 5.91 Å². The predicted molar refractivity (Wildman–Crippen MR) is 69.0 cm³/mol. The van der Waals surface area contributed by atoms with Crippen molar-refractivity contribution in [3.63, 3.8) is 0 Å². The van der Waals surface area contributed by atoms with Gasteiger partial charge in [-0.15, -0.1) is 0 Å². The van der Waals surface area contributed by atoms with Crippen LogP contribution < -0.4 is 11.1 Å². The molecular weight excluding hydrogens is 216 g/mol. The molecule has 0 saturated carbocycles. The molecule has 0 aliphatic heterocycles. The van der Waals surface area contributed by atoms with E-state index in [1.54, 1.807) is 13.0 Å². The topological polar surface area (TPSA) is 75.3 Å². The van der Waals surface area contributed by atoms with E-state index in [1.807, 2.05) is 19.9 Å². The monoisotopic (exact) mass is 236 g/mol. The zero-order valence-corrected chi connectivity index (χ0v) is 10.6. The summed E-state index contributed by atoms with van der Waals surface area (Å²) in [5.74, 6) is -0.144. The highest BCUT2D eigenvalue weighted by Crippen LogP contribution is 2.17. The predicted octanol–water partition coefficient (Wildman–Crippen LogP) is 1.39.